The lowest BCUT2D eigenvalue weighted by Gasteiger charge is -2.03. The van der Waals surface area contributed by atoms with Crippen LogP contribution in [0.1, 0.15) is 12.8 Å². The van der Waals surface area contributed by atoms with Gasteiger partial charge >= 0.3 is 6.09 Å². The predicted octanol–water partition coefficient (Wildman–Crippen LogP) is 2.88. The van der Waals surface area contributed by atoms with Gasteiger partial charge in [-0.3, -0.25) is 0 Å². The molecule has 0 saturated carbocycles. The first-order valence-corrected chi connectivity index (χ1v) is 6.72. The van der Waals surface area contributed by atoms with Gasteiger partial charge in [0.25, 0.3) is 0 Å². The van der Waals surface area contributed by atoms with E-state index in [9.17, 15) is 4.79 Å². The van der Waals surface area contributed by atoms with E-state index in [1.807, 2.05) is 30.3 Å². The standard InChI is InChI=1S/C16H17N3O2/c1-2-3-7-12-21-16(20)18-14-10-11-19(17-13-14)15-8-5-4-6-9-15/h2,4-6,8-11,13H,1,3,7,12H2. The summed E-state index contributed by atoms with van der Waals surface area (Å²) in [7, 11) is 0. The number of nitrogens with zero attached hydrogens (tertiary/aromatic N) is 3. The van der Waals surface area contributed by atoms with Gasteiger partial charge in [-0.05, 0) is 31.0 Å². The highest BCUT2D eigenvalue weighted by molar-refractivity contribution is 5.68. The molecule has 0 aliphatic heterocycles. The van der Waals surface area contributed by atoms with Gasteiger partial charge in [0.05, 0.1) is 23.8 Å². The molecule has 5 nitrogen and oxygen atoms in total. The first kappa shape index (κ1) is 14.7. The van der Waals surface area contributed by atoms with Crippen LogP contribution in [0.15, 0.2) is 66.4 Å². The largest absolute Gasteiger partial charge is 0.448 e. The van der Waals surface area contributed by atoms with E-state index in [1.54, 1.807) is 23.0 Å². The maximum absolute atomic E-state index is 11.5. The Morgan fingerprint density at radius 1 is 1.33 bits per heavy atom. The SMILES string of the molecule is C=CCCCOC(=O)N=c1ccn(-c2ccccc2)nc1. The Labute approximate surface area is 123 Å². The van der Waals surface area contributed by atoms with Crippen molar-refractivity contribution in [1.29, 1.82) is 0 Å². The number of benzene rings is 1. The number of carbonyl (C=O) groups excluding carboxylic acids is 1. The van der Waals surface area contributed by atoms with Crippen LogP contribution in [-0.2, 0) is 4.74 Å². The number of carbonyl (C=O) groups is 1. The van der Waals surface area contributed by atoms with Crippen LogP contribution < -0.4 is 5.36 Å². The highest BCUT2D eigenvalue weighted by Crippen LogP contribution is 2.02. The van der Waals surface area contributed by atoms with Gasteiger partial charge in [-0.2, -0.15) is 10.1 Å². The Morgan fingerprint density at radius 2 is 2.14 bits per heavy atom. The van der Waals surface area contributed by atoms with Crippen LogP contribution in [0.3, 0.4) is 0 Å². The van der Waals surface area contributed by atoms with Crippen LogP contribution in [0.4, 0.5) is 4.79 Å². The molecule has 0 bridgehead atoms. The minimum atomic E-state index is -0.599. The van der Waals surface area contributed by atoms with Crippen molar-refractivity contribution in [3.63, 3.8) is 0 Å². The van der Waals surface area contributed by atoms with Gasteiger partial charge in [0, 0.05) is 6.20 Å². The Hall–Kier alpha value is -2.69. The van der Waals surface area contributed by atoms with E-state index in [-0.39, 0.29) is 0 Å². The highest BCUT2D eigenvalue weighted by Gasteiger charge is 1.98. The minimum Gasteiger partial charge on any atom is -0.448 e. The van der Waals surface area contributed by atoms with E-state index < -0.39 is 6.09 Å². The van der Waals surface area contributed by atoms with E-state index >= 15 is 0 Å². The van der Waals surface area contributed by atoms with E-state index in [4.69, 9.17) is 4.74 Å². The molecule has 1 amide bonds. The Kier molecular flexibility index (Phi) is 5.46. The second-order valence-electron chi connectivity index (χ2n) is 4.32. The molecule has 0 spiro atoms. The highest BCUT2D eigenvalue weighted by atomic mass is 16.5. The normalized spacial score (nSPS) is 11.1. The van der Waals surface area contributed by atoms with Gasteiger partial charge in [0.1, 0.15) is 0 Å². The number of hydrogen-bond acceptors (Lipinski definition) is 3. The van der Waals surface area contributed by atoms with Gasteiger partial charge < -0.3 is 4.74 Å². The van der Waals surface area contributed by atoms with Gasteiger partial charge in [0.2, 0.25) is 0 Å². The van der Waals surface area contributed by atoms with Crippen LogP contribution in [0.5, 0.6) is 0 Å². The van der Waals surface area contributed by atoms with Crippen molar-refractivity contribution in [3.8, 4) is 5.69 Å². The Morgan fingerprint density at radius 3 is 2.81 bits per heavy atom. The third-order valence-electron chi connectivity index (χ3n) is 2.72. The van der Waals surface area contributed by atoms with Crippen molar-refractivity contribution in [2.45, 2.75) is 12.8 Å². The van der Waals surface area contributed by atoms with Gasteiger partial charge in [-0.15, -0.1) is 6.58 Å². The molecule has 5 heteroatoms. The maximum Gasteiger partial charge on any atom is 0.434 e. The monoisotopic (exact) mass is 283 g/mol. The van der Waals surface area contributed by atoms with Gasteiger partial charge in [-0.25, -0.2) is 9.48 Å². The summed E-state index contributed by atoms with van der Waals surface area (Å²) in [6.45, 7) is 3.95. The fraction of sp³-hybridized carbons (Fsp3) is 0.188. The second-order valence-corrected chi connectivity index (χ2v) is 4.32. The van der Waals surface area contributed by atoms with Crippen molar-refractivity contribution >= 4 is 6.09 Å². The van der Waals surface area contributed by atoms with Crippen molar-refractivity contribution < 1.29 is 9.53 Å². The molecule has 1 aromatic carbocycles. The van der Waals surface area contributed by atoms with E-state index in [1.165, 1.54) is 6.20 Å². The molecule has 0 fully saturated rings. The summed E-state index contributed by atoms with van der Waals surface area (Å²) in [4.78, 5) is 15.3. The number of hydrogen-bond donors (Lipinski definition) is 0. The van der Waals surface area contributed by atoms with E-state index in [2.05, 4.69) is 16.7 Å². The van der Waals surface area contributed by atoms with Crippen molar-refractivity contribution in [3.05, 3.63) is 66.8 Å². The average molecular weight is 283 g/mol. The molecule has 2 aromatic rings. The minimum absolute atomic E-state index is 0.346. The average Bonchev–Trinajstić information content (AvgIpc) is 2.53. The summed E-state index contributed by atoms with van der Waals surface area (Å²) >= 11 is 0. The van der Waals surface area contributed by atoms with Gasteiger partial charge in [0.15, 0.2) is 0 Å². The van der Waals surface area contributed by atoms with Crippen LogP contribution in [0, 0.1) is 0 Å². The molecule has 0 atom stereocenters. The maximum atomic E-state index is 11.5. The number of rotatable bonds is 5. The molecular weight excluding hydrogens is 266 g/mol. The van der Waals surface area contributed by atoms with Crippen molar-refractivity contribution in [1.82, 2.24) is 9.78 Å². The van der Waals surface area contributed by atoms with Gasteiger partial charge in [-0.1, -0.05) is 24.3 Å². The van der Waals surface area contributed by atoms with Crippen LogP contribution >= 0.6 is 0 Å². The first-order valence-electron chi connectivity index (χ1n) is 6.72. The smallest absolute Gasteiger partial charge is 0.434 e. The zero-order valence-corrected chi connectivity index (χ0v) is 11.7. The first-order chi connectivity index (χ1) is 10.3. The lowest BCUT2D eigenvalue weighted by molar-refractivity contribution is 0.155. The summed E-state index contributed by atoms with van der Waals surface area (Å²) in [6, 6.07) is 11.4. The lowest BCUT2D eigenvalue weighted by atomic mass is 10.3. The number of amides is 1. The predicted molar refractivity (Wildman–Crippen MR) is 79.9 cm³/mol. The number of ether oxygens (including phenoxy) is 1. The number of para-hydroxylation sites is 1. The Bertz CT molecular complexity index is 642. The summed E-state index contributed by atoms with van der Waals surface area (Å²) in [5.41, 5.74) is 0.941. The molecule has 108 valence electrons. The topological polar surface area (TPSA) is 56.5 Å². The molecule has 0 radical (unpaired) electrons. The summed E-state index contributed by atoms with van der Waals surface area (Å²) in [5.74, 6) is 0. The molecule has 0 N–H and O–H groups in total. The third-order valence-corrected chi connectivity index (χ3v) is 2.72. The number of aromatic nitrogens is 2. The molecular formula is C16H17N3O2. The lowest BCUT2D eigenvalue weighted by Crippen LogP contribution is -2.12. The van der Waals surface area contributed by atoms with E-state index in [0.717, 1.165) is 18.5 Å². The van der Waals surface area contributed by atoms with Crippen molar-refractivity contribution in [2.24, 2.45) is 4.99 Å². The molecule has 1 heterocycles. The summed E-state index contributed by atoms with van der Waals surface area (Å²) in [5, 5.41) is 4.68. The quantitative estimate of drug-likeness (QED) is 0.626. The molecule has 21 heavy (non-hydrogen) atoms. The molecule has 2 rings (SSSR count). The van der Waals surface area contributed by atoms with Crippen molar-refractivity contribution in [2.75, 3.05) is 6.61 Å². The molecule has 0 saturated heterocycles. The second kappa shape index (κ2) is 7.79. The zero-order valence-electron chi connectivity index (χ0n) is 11.7. The fourth-order valence-corrected chi connectivity index (χ4v) is 1.67. The Balaban J connectivity index is 2.00. The number of allylic oxidation sites excluding steroid dienone is 1. The summed E-state index contributed by atoms with van der Waals surface area (Å²) < 4.78 is 6.68. The molecule has 0 aliphatic carbocycles. The third kappa shape index (κ3) is 4.72. The van der Waals surface area contributed by atoms with E-state index in [0.29, 0.717) is 12.0 Å². The molecule has 0 unspecified atom stereocenters. The zero-order chi connectivity index (χ0) is 14.9. The van der Waals surface area contributed by atoms with Crippen LogP contribution in [-0.4, -0.2) is 22.5 Å². The number of unbranched alkanes of at least 4 members (excludes halogenated alkanes) is 1. The fourth-order valence-electron chi connectivity index (χ4n) is 1.67. The van der Waals surface area contributed by atoms with Crippen LogP contribution in [0.2, 0.25) is 0 Å². The summed E-state index contributed by atoms with van der Waals surface area (Å²) in [6.07, 6.45) is 6.03. The molecule has 1 aromatic heterocycles. The van der Waals surface area contributed by atoms with Crippen LogP contribution in [0.25, 0.3) is 5.69 Å². The molecule has 0 aliphatic rings.